The minimum absolute atomic E-state index is 0.00263. The van der Waals surface area contributed by atoms with E-state index in [1.807, 2.05) is 138 Å². The highest BCUT2D eigenvalue weighted by atomic mass is 35.5. The van der Waals surface area contributed by atoms with Crippen molar-refractivity contribution in [2.24, 2.45) is 20.0 Å². The summed E-state index contributed by atoms with van der Waals surface area (Å²) in [5.74, 6) is 6.69. The largest absolute Gasteiger partial charge is 0.497 e. The van der Waals surface area contributed by atoms with E-state index in [9.17, 15) is 38.0 Å². The molecule has 0 fully saturated rings. The number of hydrogen-bond donors (Lipinski definition) is 2. The number of para-hydroxylation sites is 4. The van der Waals surface area contributed by atoms with E-state index < -0.39 is 29.7 Å². The fourth-order valence-corrected chi connectivity index (χ4v) is 14.6. The lowest BCUT2D eigenvalue weighted by atomic mass is 9.98. The molecule has 0 aliphatic rings. The molecule has 0 bridgehead atoms. The number of benzene rings is 14. The van der Waals surface area contributed by atoms with Gasteiger partial charge in [-0.05, 0) is 329 Å². The highest BCUT2D eigenvalue weighted by Gasteiger charge is 2.25. The van der Waals surface area contributed by atoms with Crippen LogP contribution < -0.4 is 43.8 Å². The van der Waals surface area contributed by atoms with E-state index in [1.165, 1.54) is 31.2 Å². The molecule has 0 radical (unpaired) electrons. The molecule has 2 N–H and O–H groups in total. The van der Waals surface area contributed by atoms with Crippen molar-refractivity contribution in [2.75, 3.05) is 17.7 Å². The first-order valence-corrected chi connectivity index (χ1v) is 44.5. The van der Waals surface area contributed by atoms with Gasteiger partial charge < -0.3 is 43.8 Å². The highest BCUT2D eigenvalue weighted by Crippen LogP contribution is 2.38. The number of halogens is 5. The monoisotopic (exact) mass is 1950 g/mol. The number of esters is 6. The molecule has 0 aliphatic heterocycles. The maximum absolute atomic E-state index is 14.1. The molecule has 0 aliphatic carbocycles. The lowest BCUT2D eigenvalue weighted by Crippen LogP contribution is -2.16. The molecule has 1 aromatic heterocycles. The van der Waals surface area contributed by atoms with Crippen molar-refractivity contribution in [3.63, 3.8) is 0 Å². The third-order valence-electron chi connectivity index (χ3n) is 20.3. The van der Waals surface area contributed by atoms with Gasteiger partial charge in [0.05, 0.1) is 92.2 Å². The van der Waals surface area contributed by atoms with Gasteiger partial charge in [0.2, 0.25) is 0 Å². The van der Waals surface area contributed by atoms with E-state index >= 15 is 0 Å². The number of fused-ring (bicyclic) bond motifs is 2. The van der Waals surface area contributed by atoms with Crippen LogP contribution in [-0.2, 0) is 43.2 Å². The molecule has 0 saturated heterocycles. The van der Waals surface area contributed by atoms with E-state index in [4.69, 9.17) is 91.8 Å². The van der Waals surface area contributed by atoms with E-state index in [-0.39, 0.29) is 65.0 Å². The Morgan fingerprint density at radius 1 is 0.449 bits per heavy atom. The second kappa shape index (κ2) is 50.4. The molecular weight excluding hydrogens is 1870 g/mol. The fourth-order valence-electron chi connectivity index (χ4n) is 13.5. The number of carbonyl (C=O) groups excluding carboxylic acids is 7. The number of aromatic nitrogens is 1. The van der Waals surface area contributed by atoms with E-state index in [2.05, 4.69) is 85.3 Å². The first-order valence-electron chi connectivity index (χ1n) is 42.2. The SMILES string of the molecule is C=C=Nc1ccc(OC(=O)Cc2cc(C)ccc2Nc2c(F)cccc2Cl)cc1.C=C=Nc1ccc(OC(=O)Cc2ccccc2Nc2c(Cl)cccc2Cl)cc1.C=C=Nc1ccc(OC(=O)c2ccccc2OC(C)=O)cc1.COc1ccc2cc(C(C)C(=O)Oc3ccc(C(C)=S)cc3)ccc2c1.Cc1ccc2c(c1)c(CC(=O)Oc1ccc(N=C=S)cc1)c(C)n2C(=O)c1ccc(Cl)cc1. The lowest BCUT2D eigenvalue weighted by molar-refractivity contribution is -0.136. The summed E-state index contributed by atoms with van der Waals surface area (Å²) < 4.78 is 53.1. The van der Waals surface area contributed by atoms with Gasteiger partial charge in [0, 0.05) is 44.8 Å². The Bertz CT molecular complexity index is 7200. The van der Waals surface area contributed by atoms with Crippen LogP contribution in [0.15, 0.2) is 343 Å². The van der Waals surface area contributed by atoms with Gasteiger partial charge in [-0.2, -0.15) is 4.99 Å². The molecule has 0 saturated carbocycles. The van der Waals surface area contributed by atoms with Gasteiger partial charge >= 0.3 is 35.8 Å². The van der Waals surface area contributed by atoms with Gasteiger partial charge in [-0.15, -0.1) is 0 Å². The van der Waals surface area contributed by atoms with Gasteiger partial charge in [0.25, 0.3) is 5.91 Å². The predicted octanol–water partition coefficient (Wildman–Crippen LogP) is 27.6. The topological polar surface area (TPSA) is 263 Å². The van der Waals surface area contributed by atoms with E-state index in [0.717, 1.165) is 71.4 Å². The molecule has 15 aromatic rings. The average molecular weight is 1950 g/mol. The van der Waals surface area contributed by atoms with Crippen LogP contribution in [0, 0.1) is 26.6 Å². The number of nitrogens with one attached hydrogen (secondary N) is 2. The summed E-state index contributed by atoms with van der Waals surface area (Å²) >= 11 is 34.3. The van der Waals surface area contributed by atoms with Crippen molar-refractivity contribution in [3.05, 3.63) is 405 Å². The number of ether oxygens (including phenoxy) is 7. The molecular formula is C110H86Cl4FN7O14S2. The van der Waals surface area contributed by atoms with Crippen LogP contribution in [0.25, 0.3) is 21.7 Å². The number of nitrogens with zero attached hydrogens (tertiary/aromatic N) is 5. The van der Waals surface area contributed by atoms with Gasteiger partial charge in [-0.1, -0.05) is 167 Å². The van der Waals surface area contributed by atoms with Gasteiger partial charge in [-0.3, -0.25) is 33.3 Å². The van der Waals surface area contributed by atoms with E-state index in [1.54, 1.807) is 188 Å². The van der Waals surface area contributed by atoms with Crippen molar-refractivity contribution in [3.8, 4) is 40.2 Å². The predicted molar refractivity (Wildman–Crippen MR) is 552 cm³/mol. The summed E-state index contributed by atoms with van der Waals surface area (Å²) in [5.41, 5.74) is 12.8. The molecule has 15 rings (SSSR count). The normalized spacial score (nSPS) is 10.5. The van der Waals surface area contributed by atoms with Crippen LogP contribution in [0.2, 0.25) is 20.1 Å². The summed E-state index contributed by atoms with van der Waals surface area (Å²) in [5, 5.41) is 13.3. The molecule has 692 valence electrons. The third kappa shape index (κ3) is 29.6. The number of isothiocyanates is 1. The second-order valence-corrected chi connectivity index (χ2v) is 32.6. The first-order chi connectivity index (χ1) is 66.5. The quantitative estimate of drug-likeness (QED) is 0.0168. The number of methoxy groups -OCH3 is 1. The molecule has 0 spiro atoms. The average Bonchev–Trinajstić information content (AvgIpc) is 1.60. The van der Waals surface area contributed by atoms with Gasteiger partial charge in [0.15, 0.2) is 0 Å². The maximum atomic E-state index is 14.1. The molecule has 21 nitrogen and oxygen atoms in total. The van der Waals surface area contributed by atoms with Crippen molar-refractivity contribution in [2.45, 2.75) is 66.7 Å². The summed E-state index contributed by atoms with van der Waals surface area (Å²) in [7, 11) is 1.65. The maximum Gasteiger partial charge on any atom is 0.347 e. The summed E-state index contributed by atoms with van der Waals surface area (Å²) in [6, 6.07) is 87.3. The summed E-state index contributed by atoms with van der Waals surface area (Å²) in [4.78, 5) is 103. The van der Waals surface area contributed by atoms with Gasteiger partial charge in [0.1, 0.15) is 51.6 Å². The Balaban J connectivity index is 0.000000166. The minimum atomic E-state index is -0.614. The van der Waals surface area contributed by atoms with Crippen LogP contribution in [0.4, 0.5) is 49.9 Å². The van der Waals surface area contributed by atoms with Crippen LogP contribution in [0.1, 0.15) is 92.0 Å². The van der Waals surface area contributed by atoms with Crippen LogP contribution in [0.3, 0.4) is 0 Å². The van der Waals surface area contributed by atoms with Crippen LogP contribution >= 0.6 is 70.8 Å². The standard InChI is InChI=1S/C26H19ClN2O3S.C23H18ClFN2O2.C22H16Cl2N2O2.C22H20O3S.C17H13NO4/c1-16-3-12-24-23(13-16)22(14-25(30)32-21-10-8-20(9-11-21)28-15-33)17(2)29(24)26(31)18-4-6-19(27)7-5-18;1-3-26-17-8-10-18(11-9-17)29-22(28)14-16-13-15(2)7-12-21(16)27-23-19(24)5-4-6-20(23)25;1-2-25-16-10-12-17(13-11-16)28-21(27)14-15-6-3-4-9-20(15)26-22-18(23)7-5-8-19(22)24;1-14(22(23)25-20-9-6-16(7-10-20)15(2)26)17-4-5-19-13-21(24-3)11-8-18(19)12-17;1-3-18-13-8-10-14(11-9-13)22-17(20)15-6-4-5-7-16(15)21-12(2)19/h3-13H,14H2,1-2H3;4-13,27H,1,14H2,2H3;3-13,26H,1,14H2;4-14H,1-3H3;4-11H,1H2,2H3. The zero-order valence-electron chi connectivity index (χ0n) is 75.3. The van der Waals surface area contributed by atoms with Crippen molar-refractivity contribution in [1.82, 2.24) is 4.57 Å². The van der Waals surface area contributed by atoms with Crippen LogP contribution in [-0.4, -0.2) is 81.0 Å². The molecule has 1 heterocycles. The number of anilines is 4. The molecule has 14 aromatic carbocycles. The van der Waals surface area contributed by atoms with Crippen molar-refractivity contribution < 1.29 is 71.1 Å². The number of hydrogen-bond acceptors (Lipinski definition) is 22. The Hall–Kier alpha value is -15.9. The van der Waals surface area contributed by atoms with Gasteiger partial charge in [-0.25, -0.2) is 24.2 Å². The molecule has 0 amide bonds. The Kier molecular flexibility index (Phi) is 37.5. The highest BCUT2D eigenvalue weighted by molar-refractivity contribution is 7.80. The third-order valence-corrected chi connectivity index (χ3v) is 21.8. The molecule has 1 unspecified atom stereocenters. The zero-order chi connectivity index (χ0) is 98.9. The molecule has 1 atom stereocenters. The van der Waals surface area contributed by atoms with Crippen LogP contribution in [0.5, 0.6) is 40.2 Å². The Morgan fingerprint density at radius 3 is 1.46 bits per heavy atom. The Labute approximate surface area is 826 Å². The number of aryl methyl sites for hydroxylation is 2. The number of thiocarbonyl (C=S) groups is 2. The lowest BCUT2D eigenvalue weighted by Gasteiger charge is -2.14. The summed E-state index contributed by atoms with van der Waals surface area (Å²) in [6.07, 6.45) is 0.104. The number of rotatable bonds is 26. The Morgan fingerprint density at radius 2 is 0.906 bits per heavy atom. The van der Waals surface area contributed by atoms with Crippen molar-refractivity contribution >= 4 is 207 Å². The summed E-state index contributed by atoms with van der Waals surface area (Å²) in [6.45, 7) is 20.9. The first kappa shape index (κ1) is 103. The smallest absolute Gasteiger partial charge is 0.347 e. The number of aliphatic imine (C=N–C) groups is 4. The molecule has 28 heteroatoms. The number of carbonyl (C=O) groups is 7. The molecule has 138 heavy (non-hydrogen) atoms. The van der Waals surface area contributed by atoms with E-state index in [0.29, 0.717) is 94.8 Å². The minimum Gasteiger partial charge on any atom is -0.497 e. The second-order valence-electron chi connectivity index (χ2n) is 30.1. The van der Waals surface area contributed by atoms with Crippen molar-refractivity contribution in [1.29, 1.82) is 0 Å². The zero-order valence-corrected chi connectivity index (χ0v) is 80.0. The fraction of sp³-hybridized carbons (Fsp3) is 0.100.